The number of amides is 4. The molecule has 0 aliphatic carbocycles. The first kappa shape index (κ1) is 39.3. The van der Waals surface area contributed by atoms with Gasteiger partial charge in [0.2, 0.25) is 18.2 Å². The fourth-order valence-corrected chi connectivity index (χ4v) is 7.20. The number of aliphatic hydroxyl groups excluding tert-OH is 1. The number of nitrogens with one attached hydrogen (secondary N) is 2. The Bertz CT molecular complexity index is 1610. The molecule has 3 heterocycles. The van der Waals surface area contributed by atoms with E-state index in [0.717, 1.165) is 18.4 Å². The fraction of sp³-hybridized carbons (Fsp3) is 0.579. The van der Waals surface area contributed by atoms with Gasteiger partial charge in [-0.2, -0.15) is 0 Å². The normalized spacial score (nSPS) is 19.9. The molecule has 0 bridgehead atoms. The SMILES string of the molecule is CC.COc1cc(C)c(NC(=O)C2CCCN2C=O)cc1OCC(C)(C)CC(C)(C)COc1cc2c(cc1OC)C(=O)N1CC(O)CC1C(=O)N2. The van der Waals surface area contributed by atoms with Crippen LogP contribution in [-0.4, -0.2) is 97.7 Å². The van der Waals surface area contributed by atoms with E-state index in [4.69, 9.17) is 18.9 Å². The van der Waals surface area contributed by atoms with Gasteiger partial charge in [0.05, 0.1) is 44.8 Å². The smallest absolute Gasteiger partial charge is 0.256 e. The molecule has 2 aromatic rings. The molecule has 13 heteroatoms. The molecule has 280 valence electrons. The van der Waals surface area contributed by atoms with Crippen LogP contribution < -0.4 is 29.6 Å². The lowest BCUT2D eigenvalue weighted by molar-refractivity contribution is -0.127. The number of anilines is 2. The minimum atomic E-state index is -0.745. The topological polar surface area (TPSA) is 156 Å². The van der Waals surface area contributed by atoms with Crippen molar-refractivity contribution in [1.82, 2.24) is 9.80 Å². The lowest BCUT2D eigenvalue weighted by atomic mass is 9.76. The zero-order chi connectivity index (χ0) is 37.7. The lowest BCUT2D eigenvalue weighted by Gasteiger charge is -2.35. The van der Waals surface area contributed by atoms with E-state index in [2.05, 4.69) is 38.3 Å². The van der Waals surface area contributed by atoms with Gasteiger partial charge in [0.25, 0.3) is 5.91 Å². The van der Waals surface area contributed by atoms with Gasteiger partial charge in [0.1, 0.15) is 12.1 Å². The molecule has 2 aromatic carbocycles. The number of hydrogen-bond acceptors (Lipinski definition) is 9. The largest absolute Gasteiger partial charge is 0.493 e. The zero-order valence-electron chi connectivity index (χ0n) is 31.4. The van der Waals surface area contributed by atoms with Crippen LogP contribution in [0.4, 0.5) is 11.4 Å². The van der Waals surface area contributed by atoms with Crippen molar-refractivity contribution in [2.24, 2.45) is 10.8 Å². The number of aliphatic hydroxyl groups is 1. The number of carbonyl (C=O) groups is 4. The first-order chi connectivity index (χ1) is 24.1. The Hall–Kier alpha value is -4.52. The second kappa shape index (κ2) is 16.2. The summed E-state index contributed by atoms with van der Waals surface area (Å²) in [6.45, 7) is 15.5. The highest BCUT2D eigenvalue weighted by Gasteiger charge is 2.43. The molecule has 5 rings (SSSR count). The molecule has 0 saturated carbocycles. The van der Waals surface area contributed by atoms with Crippen molar-refractivity contribution in [2.45, 2.75) is 92.3 Å². The molecule has 3 aliphatic rings. The molecule has 4 amide bonds. The summed E-state index contributed by atoms with van der Waals surface area (Å²) in [5.74, 6) is 0.865. The molecule has 0 radical (unpaired) electrons. The van der Waals surface area contributed by atoms with Gasteiger partial charge in [0.15, 0.2) is 23.0 Å². The summed E-state index contributed by atoms with van der Waals surface area (Å²) in [6, 6.07) is 5.55. The molecule has 3 unspecified atom stereocenters. The van der Waals surface area contributed by atoms with Gasteiger partial charge < -0.3 is 44.5 Å². The van der Waals surface area contributed by atoms with Gasteiger partial charge in [-0.25, -0.2) is 0 Å². The Labute approximate surface area is 300 Å². The molecule has 2 fully saturated rings. The maximum Gasteiger partial charge on any atom is 0.256 e. The monoisotopic (exact) mass is 710 g/mol. The van der Waals surface area contributed by atoms with E-state index in [1.165, 1.54) is 16.9 Å². The number of ether oxygens (including phenoxy) is 4. The first-order valence-corrected chi connectivity index (χ1v) is 17.6. The van der Waals surface area contributed by atoms with Crippen LogP contribution in [0, 0.1) is 17.8 Å². The van der Waals surface area contributed by atoms with Crippen LogP contribution in [0.2, 0.25) is 0 Å². The Morgan fingerprint density at radius 2 is 1.59 bits per heavy atom. The van der Waals surface area contributed by atoms with Crippen molar-refractivity contribution in [3.8, 4) is 23.0 Å². The van der Waals surface area contributed by atoms with Gasteiger partial charge in [-0.15, -0.1) is 0 Å². The summed E-state index contributed by atoms with van der Waals surface area (Å²) in [6.07, 6.45) is 2.28. The summed E-state index contributed by atoms with van der Waals surface area (Å²) in [7, 11) is 3.06. The van der Waals surface area contributed by atoms with Gasteiger partial charge in [0, 0.05) is 37.3 Å². The summed E-state index contributed by atoms with van der Waals surface area (Å²) in [5, 5.41) is 15.9. The van der Waals surface area contributed by atoms with E-state index in [9.17, 15) is 24.3 Å². The lowest BCUT2D eigenvalue weighted by Crippen LogP contribution is -2.40. The standard InChI is InChI=1S/C36H48N4O9.C2H6/c1-21-11-28(46-6)30(14-24(21)37-32(43)26-9-8-10-39(26)20-41)48-18-35(2,3)17-36(4,5)19-49-31-15-25-23(13-29(31)47-7)34(45)40-16-22(42)12-27(40)33(44)38-25;1-2/h11,13-15,20,22,26-27,42H,8-10,12,16-19H2,1-7H3,(H,37,43)(H,38,44);1-2H3. The van der Waals surface area contributed by atoms with Crippen molar-refractivity contribution >= 4 is 35.5 Å². The Morgan fingerprint density at radius 3 is 2.20 bits per heavy atom. The molecule has 3 atom stereocenters. The van der Waals surface area contributed by atoms with E-state index in [1.54, 1.807) is 25.3 Å². The number of nitrogens with zero attached hydrogens (tertiary/aromatic N) is 2. The molecule has 13 nitrogen and oxygen atoms in total. The number of fused-ring (bicyclic) bond motifs is 2. The van der Waals surface area contributed by atoms with E-state index < -0.39 is 18.2 Å². The van der Waals surface area contributed by atoms with E-state index in [-0.39, 0.29) is 47.1 Å². The highest BCUT2D eigenvalue weighted by Crippen LogP contribution is 2.41. The van der Waals surface area contributed by atoms with Crippen LogP contribution in [0.25, 0.3) is 0 Å². The van der Waals surface area contributed by atoms with Crippen LogP contribution >= 0.6 is 0 Å². The Balaban J connectivity index is 0.00000286. The third-order valence-electron chi connectivity index (χ3n) is 9.33. The second-order valence-electron chi connectivity index (χ2n) is 14.8. The summed E-state index contributed by atoms with van der Waals surface area (Å²) >= 11 is 0. The number of rotatable bonds is 13. The van der Waals surface area contributed by atoms with Crippen LogP contribution in [0.5, 0.6) is 23.0 Å². The maximum absolute atomic E-state index is 13.3. The molecular weight excluding hydrogens is 656 g/mol. The molecule has 3 aliphatic heterocycles. The molecule has 3 N–H and O–H groups in total. The number of carbonyl (C=O) groups excluding carboxylic acids is 4. The number of methoxy groups -OCH3 is 2. The summed E-state index contributed by atoms with van der Waals surface area (Å²) in [4.78, 5) is 53.5. The second-order valence-corrected chi connectivity index (χ2v) is 14.8. The minimum absolute atomic E-state index is 0.0980. The molecule has 0 aromatic heterocycles. The fourth-order valence-electron chi connectivity index (χ4n) is 7.20. The molecule has 51 heavy (non-hydrogen) atoms. The molecular formula is C38H54N4O9. The van der Waals surface area contributed by atoms with Crippen molar-refractivity contribution < 1.29 is 43.2 Å². The van der Waals surface area contributed by atoms with Crippen LogP contribution in [0.3, 0.4) is 0 Å². The van der Waals surface area contributed by atoms with E-state index >= 15 is 0 Å². The predicted molar refractivity (Wildman–Crippen MR) is 194 cm³/mol. The summed E-state index contributed by atoms with van der Waals surface area (Å²) < 4.78 is 23.8. The number of hydrogen-bond donors (Lipinski definition) is 3. The highest BCUT2D eigenvalue weighted by atomic mass is 16.5. The highest BCUT2D eigenvalue weighted by molar-refractivity contribution is 6.10. The van der Waals surface area contributed by atoms with Gasteiger partial charge in [-0.05, 0) is 54.7 Å². The van der Waals surface area contributed by atoms with Crippen molar-refractivity contribution in [2.75, 3.05) is 51.2 Å². The average molecular weight is 711 g/mol. The first-order valence-electron chi connectivity index (χ1n) is 17.6. The van der Waals surface area contributed by atoms with Crippen molar-refractivity contribution in [3.05, 3.63) is 35.4 Å². The number of benzene rings is 2. The molecule has 2 saturated heterocycles. The van der Waals surface area contributed by atoms with Crippen molar-refractivity contribution in [3.63, 3.8) is 0 Å². The van der Waals surface area contributed by atoms with Crippen LogP contribution in [0.1, 0.15) is 83.1 Å². The van der Waals surface area contributed by atoms with Crippen LogP contribution in [0.15, 0.2) is 24.3 Å². The van der Waals surface area contributed by atoms with E-state index in [1.807, 2.05) is 26.8 Å². The summed E-state index contributed by atoms with van der Waals surface area (Å²) in [5.41, 5.74) is 1.36. The molecule has 0 spiro atoms. The Kier molecular flexibility index (Phi) is 12.5. The van der Waals surface area contributed by atoms with Crippen molar-refractivity contribution in [1.29, 1.82) is 0 Å². The third kappa shape index (κ3) is 9.05. The van der Waals surface area contributed by atoms with Gasteiger partial charge in [-0.1, -0.05) is 41.5 Å². The predicted octanol–water partition coefficient (Wildman–Crippen LogP) is 5.03. The third-order valence-corrected chi connectivity index (χ3v) is 9.33. The average Bonchev–Trinajstić information content (AvgIpc) is 3.72. The van der Waals surface area contributed by atoms with Gasteiger partial charge >= 0.3 is 0 Å². The quantitative estimate of drug-likeness (QED) is 0.243. The van der Waals surface area contributed by atoms with Crippen LogP contribution in [-0.2, 0) is 14.4 Å². The van der Waals surface area contributed by atoms with Gasteiger partial charge in [-0.3, -0.25) is 19.2 Å². The number of likely N-dealkylation sites (tertiary alicyclic amines) is 1. The zero-order valence-corrected chi connectivity index (χ0v) is 31.4. The minimum Gasteiger partial charge on any atom is -0.493 e. The van der Waals surface area contributed by atoms with E-state index in [0.29, 0.717) is 67.0 Å². The number of aryl methyl sites for hydroxylation is 1. The maximum atomic E-state index is 13.3. The Morgan fingerprint density at radius 1 is 0.980 bits per heavy atom.